The molecule has 140 valence electrons. The molecule has 7 heteroatoms. The fraction of sp³-hybridized carbons (Fsp3) is 0.316. The van der Waals surface area contributed by atoms with E-state index in [2.05, 4.69) is 10.0 Å². The van der Waals surface area contributed by atoms with Gasteiger partial charge in [0.1, 0.15) is 0 Å². The van der Waals surface area contributed by atoms with Crippen LogP contribution in [0, 0.1) is 5.92 Å². The fourth-order valence-corrected chi connectivity index (χ4v) is 4.36. The summed E-state index contributed by atoms with van der Waals surface area (Å²) in [5.74, 6) is -0.0126. The van der Waals surface area contributed by atoms with Crippen LogP contribution in [-0.4, -0.2) is 33.8 Å². The van der Waals surface area contributed by atoms with E-state index in [-0.39, 0.29) is 34.6 Å². The average Bonchev–Trinajstić information content (AvgIpc) is 2.67. The molecule has 0 spiro atoms. The molecule has 1 saturated heterocycles. The maximum Gasteiger partial charge on any atom is 0.241 e. The molecule has 2 N–H and O–H groups in total. The van der Waals surface area contributed by atoms with Gasteiger partial charge in [0.05, 0.1) is 4.90 Å². The lowest BCUT2D eigenvalue weighted by Gasteiger charge is -2.23. The van der Waals surface area contributed by atoms with Gasteiger partial charge in [0.15, 0.2) is 5.78 Å². The van der Waals surface area contributed by atoms with Crippen LogP contribution < -0.4 is 10.0 Å². The molecule has 26 heavy (non-hydrogen) atoms. The van der Waals surface area contributed by atoms with Crippen LogP contribution in [0.1, 0.15) is 28.8 Å². The number of carbonyl (C=O) groups excluding carboxylic acids is 1. The standard InChI is InChI=1S/C19H22N2O3S.ClH/c22-19(16-8-2-1-3-9-16)17-10-4-5-11-18(17)25(23,24)21-14-15-7-6-12-20-13-15;/h1-5,8-11,15,20-21H,6-7,12-14H2;1H. The number of halogens is 1. The van der Waals surface area contributed by atoms with Gasteiger partial charge in [-0.25, -0.2) is 13.1 Å². The second kappa shape index (κ2) is 9.28. The molecule has 0 saturated carbocycles. The Kier molecular flexibility index (Phi) is 7.34. The summed E-state index contributed by atoms with van der Waals surface area (Å²) in [6.07, 6.45) is 2.05. The van der Waals surface area contributed by atoms with Crippen LogP contribution in [0.25, 0.3) is 0 Å². The van der Waals surface area contributed by atoms with E-state index >= 15 is 0 Å². The van der Waals surface area contributed by atoms with Crippen molar-refractivity contribution < 1.29 is 13.2 Å². The first-order chi connectivity index (χ1) is 12.1. The number of hydrogen-bond donors (Lipinski definition) is 2. The summed E-state index contributed by atoms with van der Waals surface area (Å²) < 4.78 is 28.2. The molecular weight excluding hydrogens is 372 g/mol. The highest BCUT2D eigenvalue weighted by molar-refractivity contribution is 7.89. The second-order valence-corrected chi connectivity index (χ2v) is 7.99. The van der Waals surface area contributed by atoms with E-state index in [1.165, 1.54) is 6.07 Å². The largest absolute Gasteiger partial charge is 0.316 e. The minimum absolute atomic E-state index is 0. The molecule has 3 rings (SSSR count). The number of benzene rings is 2. The van der Waals surface area contributed by atoms with Crippen LogP contribution in [0.15, 0.2) is 59.5 Å². The number of piperidine rings is 1. The van der Waals surface area contributed by atoms with Crippen LogP contribution in [0.5, 0.6) is 0 Å². The van der Waals surface area contributed by atoms with Crippen LogP contribution in [0.3, 0.4) is 0 Å². The van der Waals surface area contributed by atoms with E-state index in [4.69, 9.17) is 0 Å². The second-order valence-electron chi connectivity index (χ2n) is 6.26. The first-order valence-electron chi connectivity index (χ1n) is 8.47. The molecular formula is C19H23ClN2O3S. The molecule has 1 fully saturated rings. The van der Waals surface area contributed by atoms with E-state index in [1.54, 1.807) is 42.5 Å². The van der Waals surface area contributed by atoms with Crippen LogP contribution in [0.4, 0.5) is 0 Å². The lowest BCUT2D eigenvalue weighted by Crippen LogP contribution is -2.38. The molecule has 5 nitrogen and oxygen atoms in total. The summed E-state index contributed by atoms with van der Waals surface area (Å²) in [6, 6.07) is 15.1. The Balaban J connectivity index is 0.00000243. The number of nitrogens with one attached hydrogen (secondary N) is 2. The fourth-order valence-electron chi connectivity index (χ4n) is 3.04. The topological polar surface area (TPSA) is 75.3 Å². The number of hydrogen-bond acceptors (Lipinski definition) is 4. The summed E-state index contributed by atoms with van der Waals surface area (Å²) >= 11 is 0. The highest BCUT2D eigenvalue weighted by Gasteiger charge is 2.24. The minimum Gasteiger partial charge on any atom is -0.316 e. The summed E-state index contributed by atoms with van der Waals surface area (Å²) in [4.78, 5) is 12.8. The van der Waals surface area contributed by atoms with Crippen LogP contribution in [0.2, 0.25) is 0 Å². The lowest BCUT2D eigenvalue weighted by atomic mass is 10.0. The van der Waals surface area contributed by atoms with Crippen molar-refractivity contribution >= 4 is 28.2 Å². The van der Waals surface area contributed by atoms with Crippen molar-refractivity contribution in [3.63, 3.8) is 0 Å². The Labute approximate surface area is 160 Å². The first-order valence-corrected chi connectivity index (χ1v) is 9.95. The molecule has 0 amide bonds. The normalized spacial score (nSPS) is 17.3. The van der Waals surface area contributed by atoms with Crippen molar-refractivity contribution in [2.75, 3.05) is 19.6 Å². The third-order valence-corrected chi connectivity index (χ3v) is 5.90. The smallest absolute Gasteiger partial charge is 0.241 e. The summed E-state index contributed by atoms with van der Waals surface area (Å²) in [5, 5.41) is 3.27. The predicted molar refractivity (Wildman–Crippen MR) is 104 cm³/mol. The third kappa shape index (κ3) is 4.92. The summed E-state index contributed by atoms with van der Waals surface area (Å²) in [7, 11) is -3.74. The van der Waals surface area contributed by atoms with Gasteiger partial charge < -0.3 is 5.32 Å². The molecule has 2 aromatic rings. The van der Waals surface area contributed by atoms with E-state index in [1.807, 2.05) is 6.07 Å². The quantitative estimate of drug-likeness (QED) is 0.738. The first kappa shape index (κ1) is 20.6. The zero-order valence-corrected chi connectivity index (χ0v) is 16.0. The van der Waals surface area contributed by atoms with Gasteiger partial charge in [-0.1, -0.05) is 42.5 Å². The lowest BCUT2D eigenvalue weighted by molar-refractivity contribution is 0.103. The molecule has 0 bridgehead atoms. The molecule has 2 aromatic carbocycles. The van der Waals surface area contributed by atoms with E-state index in [9.17, 15) is 13.2 Å². The van der Waals surface area contributed by atoms with Gasteiger partial charge in [0.2, 0.25) is 10.0 Å². The van der Waals surface area contributed by atoms with Crippen molar-refractivity contribution in [3.05, 3.63) is 65.7 Å². The van der Waals surface area contributed by atoms with Crippen LogP contribution >= 0.6 is 12.4 Å². The Morgan fingerprint density at radius 1 is 1.08 bits per heavy atom. The summed E-state index contributed by atoms with van der Waals surface area (Å²) in [5.41, 5.74) is 0.671. The molecule has 1 aliphatic heterocycles. The van der Waals surface area contributed by atoms with E-state index in [0.717, 1.165) is 25.9 Å². The van der Waals surface area contributed by atoms with Crippen molar-refractivity contribution in [3.8, 4) is 0 Å². The predicted octanol–water partition coefficient (Wildman–Crippen LogP) is 2.62. The van der Waals surface area contributed by atoms with Gasteiger partial charge in [-0.3, -0.25) is 4.79 Å². The number of carbonyl (C=O) groups is 1. The maximum absolute atomic E-state index is 12.7. The minimum atomic E-state index is -3.74. The number of rotatable bonds is 6. The molecule has 0 aliphatic carbocycles. The van der Waals surface area contributed by atoms with Crippen molar-refractivity contribution in [2.24, 2.45) is 5.92 Å². The third-order valence-electron chi connectivity index (χ3n) is 4.42. The molecule has 0 aromatic heterocycles. The number of ketones is 1. The van der Waals surface area contributed by atoms with Gasteiger partial charge in [-0.15, -0.1) is 12.4 Å². The van der Waals surface area contributed by atoms with Gasteiger partial charge in [-0.05, 0) is 44.0 Å². The average molecular weight is 395 g/mol. The van der Waals surface area contributed by atoms with Crippen LogP contribution in [-0.2, 0) is 10.0 Å². The SMILES string of the molecule is Cl.O=C(c1ccccc1)c1ccccc1S(=O)(=O)NCC1CCCNC1. The Bertz CT molecular complexity index is 835. The zero-order chi connectivity index (χ0) is 17.7. The van der Waals surface area contributed by atoms with Gasteiger partial charge in [0.25, 0.3) is 0 Å². The van der Waals surface area contributed by atoms with Gasteiger partial charge in [0, 0.05) is 17.7 Å². The maximum atomic E-state index is 12.7. The highest BCUT2D eigenvalue weighted by Crippen LogP contribution is 2.20. The molecule has 1 atom stereocenters. The van der Waals surface area contributed by atoms with E-state index in [0.29, 0.717) is 12.1 Å². The molecule has 1 aliphatic rings. The molecule has 1 heterocycles. The van der Waals surface area contributed by atoms with Crippen molar-refractivity contribution in [1.82, 2.24) is 10.0 Å². The Morgan fingerprint density at radius 3 is 2.46 bits per heavy atom. The van der Waals surface area contributed by atoms with Gasteiger partial charge in [-0.2, -0.15) is 0 Å². The number of sulfonamides is 1. The highest BCUT2D eigenvalue weighted by atomic mass is 35.5. The zero-order valence-electron chi connectivity index (χ0n) is 14.4. The monoisotopic (exact) mass is 394 g/mol. The summed E-state index contributed by atoms with van der Waals surface area (Å²) in [6.45, 7) is 2.17. The van der Waals surface area contributed by atoms with E-state index < -0.39 is 10.0 Å². The van der Waals surface area contributed by atoms with Crippen molar-refractivity contribution in [1.29, 1.82) is 0 Å². The molecule has 0 radical (unpaired) electrons. The Hall–Kier alpha value is -1.73. The Morgan fingerprint density at radius 2 is 1.77 bits per heavy atom. The molecule has 1 unspecified atom stereocenters. The van der Waals surface area contributed by atoms with Crippen molar-refractivity contribution in [2.45, 2.75) is 17.7 Å². The van der Waals surface area contributed by atoms with Gasteiger partial charge >= 0.3 is 0 Å².